The SMILES string of the molecule is Cc1cc(Cl)ccc1Oc1ccc(CBr)cc1C(F)(F)F. The second-order valence-electron chi connectivity index (χ2n) is 4.47. The topological polar surface area (TPSA) is 9.23 Å². The summed E-state index contributed by atoms with van der Waals surface area (Å²) in [5.41, 5.74) is 0.400. The van der Waals surface area contributed by atoms with Gasteiger partial charge in [-0.2, -0.15) is 13.2 Å². The Labute approximate surface area is 133 Å². The van der Waals surface area contributed by atoms with Crippen LogP contribution in [0.4, 0.5) is 13.2 Å². The molecular weight excluding hydrogens is 369 g/mol. The van der Waals surface area contributed by atoms with E-state index in [1.807, 2.05) is 0 Å². The molecule has 1 nitrogen and oxygen atoms in total. The van der Waals surface area contributed by atoms with Gasteiger partial charge in [0, 0.05) is 10.4 Å². The average molecular weight is 380 g/mol. The molecule has 0 spiro atoms. The van der Waals surface area contributed by atoms with Crippen LogP contribution in [-0.4, -0.2) is 0 Å². The van der Waals surface area contributed by atoms with Crippen LogP contribution in [0, 0.1) is 6.92 Å². The Morgan fingerprint density at radius 3 is 2.33 bits per heavy atom. The third-order valence-corrected chi connectivity index (χ3v) is 3.74. The van der Waals surface area contributed by atoms with Crippen molar-refractivity contribution in [1.82, 2.24) is 0 Å². The number of alkyl halides is 4. The van der Waals surface area contributed by atoms with Gasteiger partial charge < -0.3 is 4.74 Å². The van der Waals surface area contributed by atoms with Gasteiger partial charge in [-0.1, -0.05) is 33.6 Å². The summed E-state index contributed by atoms with van der Waals surface area (Å²) in [7, 11) is 0. The predicted molar refractivity (Wildman–Crippen MR) is 80.3 cm³/mol. The van der Waals surface area contributed by atoms with Crippen molar-refractivity contribution in [2.45, 2.75) is 18.4 Å². The lowest BCUT2D eigenvalue weighted by Crippen LogP contribution is -2.08. The number of rotatable bonds is 3. The van der Waals surface area contributed by atoms with E-state index in [1.54, 1.807) is 31.2 Å². The molecule has 6 heteroatoms. The van der Waals surface area contributed by atoms with Crippen LogP contribution >= 0.6 is 27.5 Å². The smallest absolute Gasteiger partial charge is 0.419 e. The van der Waals surface area contributed by atoms with Gasteiger partial charge >= 0.3 is 6.18 Å². The molecule has 0 atom stereocenters. The summed E-state index contributed by atoms with van der Waals surface area (Å²) in [5.74, 6) is 0.120. The maximum Gasteiger partial charge on any atom is 0.419 e. The second kappa shape index (κ2) is 6.28. The first-order chi connectivity index (χ1) is 9.81. The summed E-state index contributed by atoms with van der Waals surface area (Å²) in [4.78, 5) is 0. The Morgan fingerprint density at radius 2 is 1.76 bits per heavy atom. The molecule has 2 rings (SSSR count). The molecular formula is C15H11BrClF3O. The van der Waals surface area contributed by atoms with E-state index in [0.29, 0.717) is 27.2 Å². The molecule has 0 aliphatic rings. The summed E-state index contributed by atoms with van der Waals surface area (Å²) >= 11 is 8.97. The van der Waals surface area contributed by atoms with Gasteiger partial charge in [0.2, 0.25) is 0 Å². The quantitative estimate of drug-likeness (QED) is 0.564. The number of hydrogen-bond acceptors (Lipinski definition) is 1. The fraction of sp³-hybridized carbons (Fsp3) is 0.200. The Bertz CT molecular complexity index is 656. The number of benzene rings is 2. The van der Waals surface area contributed by atoms with Gasteiger partial charge in [-0.15, -0.1) is 0 Å². The van der Waals surface area contributed by atoms with Gasteiger partial charge in [0.25, 0.3) is 0 Å². The Balaban J connectivity index is 2.44. The van der Waals surface area contributed by atoms with E-state index in [1.165, 1.54) is 6.07 Å². The fourth-order valence-electron chi connectivity index (χ4n) is 1.82. The minimum absolute atomic E-state index is 0.224. The molecule has 0 aliphatic carbocycles. The van der Waals surface area contributed by atoms with Crippen LogP contribution in [0.15, 0.2) is 36.4 Å². The highest BCUT2D eigenvalue weighted by molar-refractivity contribution is 9.08. The molecule has 0 fully saturated rings. The monoisotopic (exact) mass is 378 g/mol. The van der Waals surface area contributed by atoms with Crippen molar-refractivity contribution >= 4 is 27.5 Å². The Kier molecular flexibility index (Phi) is 4.84. The van der Waals surface area contributed by atoms with Gasteiger partial charge in [-0.25, -0.2) is 0 Å². The van der Waals surface area contributed by atoms with Crippen molar-refractivity contribution in [2.75, 3.05) is 0 Å². The van der Waals surface area contributed by atoms with E-state index >= 15 is 0 Å². The van der Waals surface area contributed by atoms with Crippen LogP contribution in [0.25, 0.3) is 0 Å². The highest BCUT2D eigenvalue weighted by Crippen LogP contribution is 2.39. The van der Waals surface area contributed by atoms with Crippen LogP contribution in [-0.2, 0) is 11.5 Å². The molecule has 2 aromatic carbocycles. The summed E-state index contributed by atoms with van der Waals surface area (Å²) in [5, 5.41) is 0.849. The normalized spacial score (nSPS) is 11.5. The van der Waals surface area contributed by atoms with Gasteiger partial charge in [0.05, 0.1) is 5.56 Å². The zero-order chi connectivity index (χ0) is 15.6. The lowest BCUT2D eigenvalue weighted by atomic mass is 10.1. The van der Waals surface area contributed by atoms with Crippen molar-refractivity contribution in [3.05, 3.63) is 58.1 Å². The van der Waals surface area contributed by atoms with E-state index in [9.17, 15) is 13.2 Å². The molecule has 21 heavy (non-hydrogen) atoms. The zero-order valence-electron chi connectivity index (χ0n) is 11.0. The lowest BCUT2D eigenvalue weighted by molar-refractivity contribution is -0.138. The molecule has 2 aromatic rings. The van der Waals surface area contributed by atoms with Crippen LogP contribution in [0.3, 0.4) is 0 Å². The maximum atomic E-state index is 13.1. The average Bonchev–Trinajstić information content (AvgIpc) is 2.41. The molecule has 0 heterocycles. The van der Waals surface area contributed by atoms with E-state index in [4.69, 9.17) is 16.3 Å². The van der Waals surface area contributed by atoms with Gasteiger partial charge in [0.15, 0.2) is 0 Å². The van der Waals surface area contributed by atoms with E-state index < -0.39 is 11.7 Å². The second-order valence-corrected chi connectivity index (χ2v) is 5.47. The third kappa shape index (κ3) is 3.92. The molecule has 0 saturated heterocycles. The van der Waals surface area contributed by atoms with Gasteiger partial charge in [-0.3, -0.25) is 0 Å². The molecule has 0 amide bonds. The predicted octanol–water partition coefficient (Wildman–Crippen LogP) is 6.35. The van der Waals surface area contributed by atoms with Crippen LogP contribution in [0.1, 0.15) is 16.7 Å². The van der Waals surface area contributed by atoms with Crippen LogP contribution in [0.2, 0.25) is 5.02 Å². The largest absolute Gasteiger partial charge is 0.456 e. The maximum absolute atomic E-state index is 13.1. The van der Waals surface area contributed by atoms with E-state index in [2.05, 4.69) is 15.9 Å². The molecule has 0 radical (unpaired) electrons. The minimum Gasteiger partial charge on any atom is -0.456 e. The number of aryl methyl sites for hydroxylation is 1. The number of hydrogen-bond donors (Lipinski definition) is 0. The van der Waals surface area contributed by atoms with Gasteiger partial charge in [-0.05, 0) is 48.4 Å². The van der Waals surface area contributed by atoms with Crippen molar-refractivity contribution in [3.63, 3.8) is 0 Å². The third-order valence-electron chi connectivity index (χ3n) is 2.86. The molecule has 0 N–H and O–H groups in total. The summed E-state index contributed by atoms with van der Waals surface area (Å²) in [6.45, 7) is 1.72. The molecule has 0 saturated carbocycles. The molecule has 112 valence electrons. The zero-order valence-corrected chi connectivity index (χ0v) is 13.3. The highest BCUT2D eigenvalue weighted by atomic mass is 79.9. The standard InChI is InChI=1S/C15H11BrClF3O/c1-9-6-11(17)3-5-13(9)21-14-4-2-10(8-16)7-12(14)15(18,19)20/h2-7H,8H2,1H3. The van der Waals surface area contributed by atoms with Crippen molar-refractivity contribution in [2.24, 2.45) is 0 Å². The summed E-state index contributed by atoms with van der Waals surface area (Å²) in [6, 6.07) is 8.75. The number of ether oxygens (including phenoxy) is 1. The molecule has 0 unspecified atom stereocenters. The highest BCUT2D eigenvalue weighted by Gasteiger charge is 2.34. The first-order valence-corrected chi connectivity index (χ1v) is 7.51. The van der Waals surface area contributed by atoms with E-state index in [-0.39, 0.29) is 5.75 Å². The molecule has 0 aromatic heterocycles. The first-order valence-electron chi connectivity index (χ1n) is 6.01. The summed E-state index contributed by atoms with van der Waals surface area (Å²) in [6.07, 6.45) is -4.48. The number of halogens is 5. The van der Waals surface area contributed by atoms with Gasteiger partial charge in [0.1, 0.15) is 11.5 Å². The van der Waals surface area contributed by atoms with Crippen molar-refractivity contribution < 1.29 is 17.9 Å². The molecule has 0 aliphatic heterocycles. The fourth-order valence-corrected chi connectivity index (χ4v) is 2.39. The van der Waals surface area contributed by atoms with Crippen molar-refractivity contribution in [3.8, 4) is 11.5 Å². The lowest BCUT2D eigenvalue weighted by Gasteiger charge is -2.16. The summed E-state index contributed by atoms with van der Waals surface area (Å²) < 4.78 is 44.8. The van der Waals surface area contributed by atoms with Crippen LogP contribution < -0.4 is 4.74 Å². The van der Waals surface area contributed by atoms with E-state index in [0.717, 1.165) is 6.07 Å². The van der Waals surface area contributed by atoms with Crippen LogP contribution in [0.5, 0.6) is 11.5 Å². The van der Waals surface area contributed by atoms with Crippen molar-refractivity contribution in [1.29, 1.82) is 0 Å². The molecule has 0 bridgehead atoms. The minimum atomic E-state index is -4.48. The Hall–Kier alpha value is -1.20. The first kappa shape index (κ1) is 16.2. The Morgan fingerprint density at radius 1 is 1.10 bits per heavy atom.